The van der Waals surface area contributed by atoms with Gasteiger partial charge >= 0.3 is 5.97 Å². The molecule has 0 unspecified atom stereocenters. The van der Waals surface area contributed by atoms with Crippen molar-refractivity contribution in [2.24, 2.45) is 0 Å². The molecular formula is C11H11NO3. The summed E-state index contributed by atoms with van der Waals surface area (Å²) in [5.74, 6) is -0.249. The van der Waals surface area contributed by atoms with Gasteiger partial charge in [0.1, 0.15) is 0 Å². The van der Waals surface area contributed by atoms with Crippen molar-refractivity contribution in [1.82, 2.24) is 5.16 Å². The van der Waals surface area contributed by atoms with E-state index in [1.165, 1.54) is 0 Å². The average Bonchev–Trinajstić information content (AvgIpc) is 2.67. The van der Waals surface area contributed by atoms with Gasteiger partial charge in [0, 0.05) is 10.9 Å². The molecule has 0 atom stereocenters. The Morgan fingerprint density at radius 1 is 1.53 bits per heavy atom. The zero-order valence-corrected chi connectivity index (χ0v) is 8.40. The molecule has 0 spiro atoms. The molecule has 1 heterocycles. The van der Waals surface area contributed by atoms with E-state index in [0.717, 1.165) is 10.9 Å². The normalized spacial score (nSPS) is 10.5. The average molecular weight is 205 g/mol. The minimum Gasteiger partial charge on any atom is -0.466 e. The molecule has 0 bridgehead atoms. The van der Waals surface area contributed by atoms with E-state index in [-0.39, 0.29) is 12.4 Å². The Morgan fingerprint density at radius 2 is 2.40 bits per heavy atom. The van der Waals surface area contributed by atoms with Gasteiger partial charge in [0.05, 0.1) is 19.2 Å². The van der Waals surface area contributed by atoms with Crippen molar-refractivity contribution >= 4 is 16.9 Å². The standard InChI is InChI=1S/C11H11NO3/c1-2-14-10(13)6-8-4-3-5-9-7-12-15-11(8)9/h3-5,7H,2,6H2,1H3. The molecule has 0 fully saturated rings. The molecule has 4 nitrogen and oxygen atoms in total. The topological polar surface area (TPSA) is 52.3 Å². The maximum absolute atomic E-state index is 11.3. The van der Waals surface area contributed by atoms with Gasteiger partial charge in [-0.15, -0.1) is 0 Å². The number of ether oxygens (including phenoxy) is 1. The molecule has 0 aliphatic carbocycles. The summed E-state index contributed by atoms with van der Waals surface area (Å²) in [7, 11) is 0. The third kappa shape index (κ3) is 1.98. The summed E-state index contributed by atoms with van der Waals surface area (Å²) in [6.45, 7) is 2.18. The number of benzene rings is 1. The van der Waals surface area contributed by atoms with Crippen LogP contribution in [0.25, 0.3) is 11.0 Å². The van der Waals surface area contributed by atoms with Crippen LogP contribution in [0.2, 0.25) is 0 Å². The fraction of sp³-hybridized carbons (Fsp3) is 0.273. The smallest absolute Gasteiger partial charge is 0.310 e. The second-order valence-electron chi connectivity index (χ2n) is 3.14. The maximum Gasteiger partial charge on any atom is 0.310 e. The van der Waals surface area contributed by atoms with E-state index in [4.69, 9.17) is 9.26 Å². The summed E-state index contributed by atoms with van der Waals surface area (Å²) >= 11 is 0. The lowest BCUT2D eigenvalue weighted by Crippen LogP contribution is -2.07. The van der Waals surface area contributed by atoms with Gasteiger partial charge in [0.25, 0.3) is 0 Å². The first-order valence-corrected chi connectivity index (χ1v) is 4.79. The predicted molar refractivity (Wildman–Crippen MR) is 54.3 cm³/mol. The molecule has 0 aliphatic heterocycles. The van der Waals surface area contributed by atoms with Crippen molar-refractivity contribution < 1.29 is 14.1 Å². The summed E-state index contributed by atoms with van der Waals surface area (Å²) in [5, 5.41) is 4.59. The molecule has 1 aromatic heterocycles. The van der Waals surface area contributed by atoms with Crippen LogP contribution in [0.4, 0.5) is 0 Å². The largest absolute Gasteiger partial charge is 0.466 e. The maximum atomic E-state index is 11.3. The van der Waals surface area contributed by atoms with Gasteiger partial charge in [-0.3, -0.25) is 4.79 Å². The lowest BCUT2D eigenvalue weighted by atomic mass is 10.1. The molecule has 4 heteroatoms. The highest BCUT2D eigenvalue weighted by Gasteiger charge is 2.10. The molecule has 2 aromatic rings. The van der Waals surface area contributed by atoms with Crippen molar-refractivity contribution in [2.45, 2.75) is 13.3 Å². The quantitative estimate of drug-likeness (QED) is 0.718. The number of carbonyl (C=O) groups excluding carboxylic acids is 1. The van der Waals surface area contributed by atoms with Crippen LogP contribution in [0.15, 0.2) is 28.9 Å². The molecule has 0 saturated heterocycles. The molecule has 1 aromatic carbocycles. The minimum atomic E-state index is -0.249. The second kappa shape index (κ2) is 4.13. The van der Waals surface area contributed by atoms with Gasteiger partial charge < -0.3 is 9.26 Å². The first-order chi connectivity index (χ1) is 7.31. The van der Waals surface area contributed by atoms with Gasteiger partial charge in [-0.2, -0.15) is 0 Å². The van der Waals surface area contributed by atoms with Crippen LogP contribution in [0.3, 0.4) is 0 Å². The molecule has 0 aliphatic rings. The van der Waals surface area contributed by atoms with Gasteiger partial charge in [-0.05, 0) is 13.0 Å². The number of hydrogen-bond acceptors (Lipinski definition) is 4. The molecule has 78 valence electrons. The third-order valence-electron chi connectivity index (χ3n) is 2.10. The fourth-order valence-electron chi connectivity index (χ4n) is 1.46. The number of fused-ring (bicyclic) bond motifs is 1. The highest BCUT2D eigenvalue weighted by atomic mass is 16.5. The Labute approximate surface area is 86.8 Å². The van der Waals surface area contributed by atoms with Crippen LogP contribution >= 0.6 is 0 Å². The molecular weight excluding hydrogens is 194 g/mol. The first kappa shape index (κ1) is 9.71. The van der Waals surface area contributed by atoms with Crippen molar-refractivity contribution in [3.63, 3.8) is 0 Å². The molecule has 0 amide bonds. The van der Waals surface area contributed by atoms with Crippen LogP contribution in [0.1, 0.15) is 12.5 Å². The minimum absolute atomic E-state index is 0.223. The Kier molecular flexibility index (Phi) is 2.67. The number of para-hydroxylation sites is 1. The highest BCUT2D eigenvalue weighted by molar-refractivity contribution is 5.84. The molecule has 0 N–H and O–H groups in total. The van der Waals surface area contributed by atoms with Crippen LogP contribution in [-0.4, -0.2) is 17.7 Å². The SMILES string of the molecule is CCOC(=O)Cc1cccc2cnoc12. The Morgan fingerprint density at radius 3 is 3.20 bits per heavy atom. The Balaban J connectivity index is 2.27. The van der Waals surface area contributed by atoms with Crippen LogP contribution in [-0.2, 0) is 16.0 Å². The number of esters is 1. The van der Waals surface area contributed by atoms with Crippen molar-refractivity contribution in [3.8, 4) is 0 Å². The summed E-state index contributed by atoms with van der Waals surface area (Å²) in [5.41, 5.74) is 1.47. The van der Waals surface area contributed by atoms with Crippen molar-refractivity contribution in [3.05, 3.63) is 30.0 Å². The lowest BCUT2D eigenvalue weighted by molar-refractivity contribution is -0.142. The van der Waals surface area contributed by atoms with Gasteiger partial charge in [-0.25, -0.2) is 0 Å². The predicted octanol–water partition coefficient (Wildman–Crippen LogP) is 1.93. The van der Waals surface area contributed by atoms with E-state index in [1.54, 1.807) is 13.1 Å². The van der Waals surface area contributed by atoms with E-state index >= 15 is 0 Å². The molecule has 0 radical (unpaired) electrons. The van der Waals surface area contributed by atoms with Crippen LogP contribution in [0.5, 0.6) is 0 Å². The summed E-state index contributed by atoms with van der Waals surface area (Å²) in [6, 6.07) is 5.60. The van der Waals surface area contributed by atoms with Gasteiger partial charge in [0.15, 0.2) is 5.58 Å². The molecule has 2 rings (SSSR count). The second-order valence-corrected chi connectivity index (χ2v) is 3.14. The summed E-state index contributed by atoms with van der Waals surface area (Å²) in [6.07, 6.45) is 1.85. The number of aromatic nitrogens is 1. The van der Waals surface area contributed by atoms with Crippen molar-refractivity contribution in [2.75, 3.05) is 6.61 Å². The van der Waals surface area contributed by atoms with Crippen LogP contribution < -0.4 is 0 Å². The molecule has 0 saturated carbocycles. The van der Waals surface area contributed by atoms with E-state index < -0.39 is 0 Å². The summed E-state index contributed by atoms with van der Waals surface area (Å²) < 4.78 is 9.94. The van der Waals surface area contributed by atoms with E-state index in [0.29, 0.717) is 12.2 Å². The fourth-order valence-corrected chi connectivity index (χ4v) is 1.46. The van der Waals surface area contributed by atoms with Gasteiger partial charge in [0.2, 0.25) is 0 Å². The van der Waals surface area contributed by atoms with Crippen molar-refractivity contribution in [1.29, 1.82) is 0 Å². The number of rotatable bonds is 3. The first-order valence-electron chi connectivity index (χ1n) is 4.79. The zero-order valence-electron chi connectivity index (χ0n) is 8.40. The molecule has 15 heavy (non-hydrogen) atoms. The van der Waals surface area contributed by atoms with Crippen LogP contribution in [0, 0.1) is 0 Å². The lowest BCUT2D eigenvalue weighted by Gasteiger charge is -2.01. The Bertz CT molecular complexity index is 475. The monoisotopic (exact) mass is 205 g/mol. The number of carbonyl (C=O) groups is 1. The van der Waals surface area contributed by atoms with Gasteiger partial charge in [-0.1, -0.05) is 17.3 Å². The number of nitrogens with zero attached hydrogens (tertiary/aromatic N) is 1. The summed E-state index contributed by atoms with van der Waals surface area (Å²) in [4.78, 5) is 11.3. The highest BCUT2D eigenvalue weighted by Crippen LogP contribution is 2.18. The van der Waals surface area contributed by atoms with E-state index in [9.17, 15) is 4.79 Å². The van der Waals surface area contributed by atoms with E-state index in [1.807, 2.05) is 18.2 Å². The third-order valence-corrected chi connectivity index (χ3v) is 2.10. The van der Waals surface area contributed by atoms with E-state index in [2.05, 4.69) is 5.16 Å². The number of hydrogen-bond donors (Lipinski definition) is 0. The zero-order chi connectivity index (χ0) is 10.7. The Hall–Kier alpha value is -1.84.